The topological polar surface area (TPSA) is 102 Å². The van der Waals surface area contributed by atoms with Crippen LogP contribution in [0.25, 0.3) is 21.8 Å². The molecule has 0 saturated heterocycles. The maximum absolute atomic E-state index is 14.2. The Morgan fingerprint density at radius 2 is 2.03 bits per heavy atom. The van der Waals surface area contributed by atoms with Crippen molar-refractivity contribution < 1.29 is 17.2 Å². The van der Waals surface area contributed by atoms with E-state index in [0.717, 1.165) is 4.31 Å². The van der Waals surface area contributed by atoms with Crippen molar-refractivity contribution >= 4 is 38.9 Å². The first kappa shape index (κ1) is 19.9. The second-order valence-electron chi connectivity index (χ2n) is 6.85. The third-order valence-electron chi connectivity index (χ3n) is 4.64. The number of sulfonamides is 1. The van der Waals surface area contributed by atoms with E-state index in [-0.39, 0.29) is 11.7 Å². The molecule has 1 aliphatic heterocycles. The molecule has 0 bridgehead atoms. The van der Waals surface area contributed by atoms with E-state index in [9.17, 15) is 12.8 Å². The lowest BCUT2D eigenvalue weighted by Gasteiger charge is -2.33. The van der Waals surface area contributed by atoms with Gasteiger partial charge in [0.25, 0.3) is 0 Å². The van der Waals surface area contributed by atoms with E-state index in [1.54, 1.807) is 19.1 Å². The van der Waals surface area contributed by atoms with Crippen molar-refractivity contribution in [1.29, 1.82) is 0 Å². The number of rotatable bonds is 3. The Morgan fingerprint density at radius 1 is 1.31 bits per heavy atom. The summed E-state index contributed by atoms with van der Waals surface area (Å²) in [4.78, 5) is 9.43. The summed E-state index contributed by atoms with van der Waals surface area (Å²) in [7, 11) is -2.28. The van der Waals surface area contributed by atoms with Crippen LogP contribution in [0.15, 0.2) is 46.3 Å². The molecule has 2 aromatic heterocycles. The van der Waals surface area contributed by atoms with Gasteiger partial charge in [0.15, 0.2) is 12.2 Å². The van der Waals surface area contributed by atoms with Crippen molar-refractivity contribution in [2.24, 2.45) is 10.7 Å². The lowest BCUT2D eigenvalue weighted by Crippen LogP contribution is -2.50. The Hall–Kier alpha value is -2.43. The molecule has 2 N–H and O–H groups in total. The zero-order valence-corrected chi connectivity index (χ0v) is 17.8. The van der Waals surface area contributed by atoms with Crippen LogP contribution in [0.1, 0.15) is 11.8 Å². The van der Waals surface area contributed by atoms with Gasteiger partial charge in [0.05, 0.1) is 21.8 Å². The second kappa shape index (κ2) is 6.82. The van der Waals surface area contributed by atoms with Crippen molar-refractivity contribution in [3.05, 3.63) is 52.6 Å². The lowest BCUT2D eigenvalue weighted by molar-refractivity contribution is 0.482. The highest BCUT2D eigenvalue weighted by Gasteiger charge is 2.42. The Bertz CT molecular complexity index is 1220. The number of guanidine groups is 1. The van der Waals surface area contributed by atoms with Gasteiger partial charge in [0.1, 0.15) is 11.4 Å². The van der Waals surface area contributed by atoms with Crippen molar-refractivity contribution in [1.82, 2.24) is 9.29 Å². The molecule has 0 saturated carbocycles. The molecule has 3 heterocycles. The molecule has 1 atom stereocenters. The summed E-state index contributed by atoms with van der Waals surface area (Å²) in [5.74, 6) is -0.401. The van der Waals surface area contributed by atoms with Gasteiger partial charge < -0.3 is 10.2 Å². The number of benzene rings is 1. The predicted octanol–water partition coefficient (Wildman–Crippen LogP) is 3.67. The summed E-state index contributed by atoms with van der Waals surface area (Å²) in [5, 5.41) is 0.342. The van der Waals surface area contributed by atoms with Crippen LogP contribution < -0.4 is 5.73 Å². The van der Waals surface area contributed by atoms with E-state index < -0.39 is 21.4 Å². The minimum atomic E-state index is -3.64. The van der Waals surface area contributed by atoms with Crippen LogP contribution in [0.3, 0.4) is 0 Å². The van der Waals surface area contributed by atoms with Gasteiger partial charge in [-0.25, -0.2) is 27.1 Å². The summed E-state index contributed by atoms with van der Waals surface area (Å²) >= 11 is 7.69. The molecule has 1 aliphatic rings. The van der Waals surface area contributed by atoms with Crippen LogP contribution in [0.5, 0.6) is 0 Å². The molecule has 0 fully saturated rings. The quantitative estimate of drug-likeness (QED) is 0.650. The molecule has 0 spiro atoms. The summed E-state index contributed by atoms with van der Waals surface area (Å²) < 4.78 is 45.3. The third kappa shape index (κ3) is 3.52. The minimum Gasteiger partial charge on any atom is -0.444 e. The second-order valence-corrected chi connectivity index (χ2v) is 10.3. The van der Waals surface area contributed by atoms with Gasteiger partial charge in [-0.05, 0) is 36.8 Å². The molecule has 29 heavy (non-hydrogen) atoms. The van der Waals surface area contributed by atoms with Crippen LogP contribution in [-0.4, -0.2) is 36.5 Å². The van der Waals surface area contributed by atoms with Crippen LogP contribution in [0, 0.1) is 5.82 Å². The molecule has 3 aromatic rings. The zero-order valence-electron chi connectivity index (χ0n) is 15.4. The SMILES string of the molecule is CN1C(N)=N[C@](C)(c2sc(-c3cc(F)cc(-c4cnco4)c3)cc2Cl)CS1(=O)=O. The number of hydrogen-bond acceptors (Lipinski definition) is 7. The molecule has 4 rings (SSSR count). The van der Waals surface area contributed by atoms with E-state index in [1.165, 1.54) is 43.1 Å². The van der Waals surface area contributed by atoms with E-state index in [2.05, 4.69) is 9.98 Å². The van der Waals surface area contributed by atoms with E-state index in [1.807, 2.05) is 0 Å². The van der Waals surface area contributed by atoms with E-state index in [4.69, 9.17) is 21.8 Å². The number of thiophene rings is 1. The molecule has 11 heteroatoms. The highest BCUT2D eigenvalue weighted by molar-refractivity contribution is 7.89. The fraction of sp³-hybridized carbons (Fsp3) is 0.222. The number of nitrogens with two attached hydrogens (primary N) is 1. The first-order chi connectivity index (χ1) is 13.6. The highest BCUT2D eigenvalue weighted by atomic mass is 35.5. The fourth-order valence-corrected chi connectivity index (χ4v) is 6.33. The molecule has 1 aromatic carbocycles. The average molecular weight is 455 g/mol. The largest absolute Gasteiger partial charge is 0.444 e. The van der Waals surface area contributed by atoms with Gasteiger partial charge >= 0.3 is 0 Å². The van der Waals surface area contributed by atoms with Gasteiger partial charge in [0, 0.05) is 17.5 Å². The Balaban J connectivity index is 1.80. The molecule has 152 valence electrons. The van der Waals surface area contributed by atoms with Gasteiger partial charge in [-0.2, -0.15) is 0 Å². The Kier molecular flexibility index (Phi) is 4.67. The van der Waals surface area contributed by atoms with Crippen LogP contribution in [0.4, 0.5) is 4.39 Å². The van der Waals surface area contributed by atoms with E-state index in [0.29, 0.717) is 31.7 Å². The van der Waals surface area contributed by atoms with Crippen LogP contribution >= 0.6 is 22.9 Å². The molecular weight excluding hydrogens is 439 g/mol. The number of hydrogen-bond donors (Lipinski definition) is 1. The van der Waals surface area contributed by atoms with Crippen molar-refractivity contribution in [2.75, 3.05) is 12.8 Å². The number of oxazole rings is 1. The summed E-state index contributed by atoms with van der Waals surface area (Å²) in [6, 6.07) is 6.14. The fourth-order valence-electron chi connectivity index (χ4n) is 3.18. The zero-order chi connectivity index (χ0) is 21.0. The summed E-state index contributed by atoms with van der Waals surface area (Å²) in [6.45, 7) is 1.66. The minimum absolute atomic E-state index is 0.108. The summed E-state index contributed by atoms with van der Waals surface area (Å²) in [6.07, 6.45) is 2.76. The Labute approximate surface area is 175 Å². The smallest absolute Gasteiger partial charge is 0.239 e. The predicted molar refractivity (Wildman–Crippen MR) is 111 cm³/mol. The molecule has 0 unspecified atom stereocenters. The number of aromatic nitrogens is 1. The third-order valence-corrected chi connectivity index (χ3v) is 8.44. The van der Waals surface area contributed by atoms with Gasteiger partial charge in [0.2, 0.25) is 16.0 Å². The maximum Gasteiger partial charge on any atom is 0.239 e. The average Bonchev–Trinajstić information content (AvgIpc) is 3.29. The van der Waals surface area contributed by atoms with Crippen LogP contribution in [0.2, 0.25) is 5.02 Å². The Morgan fingerprint density at radius 3 is 2.69 bits per heavy atom. The van der Waals surface area contributed by atoms with E-state index >= 15 is 0 Å². The monoisotopic (exact) mass is 454 g/mol. The normalized spacial score (nSPS) is 21.2. The van der Waals surface area contributed by atoms with Gasteiger partial charge in [-0.3, -0.25) is 0 Å². The molecule has 7 nitrogen and oxygen atoms in total. The highest BCUT2D eigenvalue weighted by Crippen LogP contribution is 2.44. The lowest BCUT2D eigenvalue weighted by atomic mass is 10.0. The van der Waals surface area contributed by atoms with Crippen molar-refractivity contribution in [2.45, 2.75) is 12.5 Å². The number of aliphatic imine (C=N–C) groups is 1. The molecule has 0 aliphatic carbocycles. The van der Waals surface area contributed by atoms with Crippen molar-refractivity contribution in [3.63, 3.8) is 0 Å². The maximum atomic E-state index is 14.2. The van der Waals surface area contributed by atoms with Crippen molar-refractivity contribution in [3.8, 4) is 21.8 Å². The summed E-state index contributed by atoms with van der Waals surface area (Å²) in [5.41, 5.74) is 5.78. The van der Waals surface area contributed by atoms with Gasteiger partial charge in [-0.15, -0.1) is 11.3 Å². The van der Waals surface area contributed by atoms with Gasteiger partial charge in [-0.1, -0.05) is 11.6 Å². The van der Waals surface area contributed by atoms with Crippen LogP contribution in [-0.2, 0) is 15.6 Å². The first-order valence-electron chi connectivity index (χ1n) is 8.41. The first-order valence-corrected chi connectivity index (χ1v) is 11.2. The standard InChI is InChI=1S/C18H16ClFN4O3S2/c1-18(8-29(25,26)24(2)17(21)23-18)16-13(19)6-15(28-16)11-3-10(4-12(20)5-11)14-7-22-9-27-14/h3-7,9H,8H2,1-2H3,(H2,21,23)/t18-/m0/s1. The number of nitrogens with zero attached hydrogens (tertiary/aromatic N) is 3. The molecule has 0 amide bonds. The molecular formula is C18H16ClFN4O3S2. The number of halogens is 2. The molecule has 0 radical (unpaired) electrons.